The molecular formula is C19H11N13O3S2. The summed E-state index contributed by atoms with van der Waals surface area (Å²) in [4.78, 5) is 9.11. The van der Waals surface area contributed by atoms with Gasteiger partial charge in [-0.2, -0.15) is 5.01 Å². The van der Waals surface area contributed by atoms with Gasteiger partial charge in [-0.25, -0.2) is 15.0 Å². The summed E-state index contributed by atoms with van der Waals surface area (Å²) in [6.45, 7) is 0. The number of oxazole rings is 1. The van der Waals surface area contributed by atoms with E-state index in [1.54, 1.807) is 33.7 Å². The number of rotatable bonds is 6. The maximum atomic E-state index is 5.85. The highest BCUT2D eigenvalue weighted by atomic mass is 32.1. The second-order valence-electron chi connectivity index (χ2n) is 7.28. The van der Waals surface area contributed by atoms with E-state index in [1.165, 1.54) is 54.1 Å². The summed E-state index contributed by atoms with van der Waals surface area (Å²) < 4.78 is 20.3. The minimum Gasteiger partial charge on any atom is -0.431 e. The maximum Gasteiger partial charge on any atom is 0.320 e. The van der Waals surface area contributed by atoms with E-state index in [1.807, 2.05) is 5.38 Å². The molecule has 6 aromatic heterocycles. The molecule has 0 aliphatic carbocycles. The average molecular weight is 534 g/mol. The molecule has 0 fully saturated rings. The molecule has 16 nitrogen and oxygen atoms in total. The van der Waals surface area contributed by atoms with Gasteiger partial charge in [-0.1, -0.05) is 9.64 Å². The molecule has 37 heavy (non-hydrogen) atoms. The van der Waals surface area contributed by atoms with Crippen molar-refractivity contribution < 1.29 is 13.5 Å². The number of aromatic nitrogens is 10. The molecule has 1 unspecified atom stereocenters. The lowest BCUT2D eigenvalue weighted by Crippen LogP contribution is -2.66. The largest absolute Gasteiger partial charge is 0.431 e. The van der Waals surface area contributed by atoms with Crippen LogP contribution in [0.25, 0.3) is 11.4 Å². The number of anilines is 2. The van der Waals surface area contributed by atoms with Crippen LogP contribution in [0.5, 0.6) is 0 Å². The molecule has 0 bridgehead atoms. The molecule has 6 aromatic rings. The van der Waals surface area contributed by atoms with Crippen LogP contribution in [-0.4, -0.2) is 50.5 Å². The highest BCUT2D eigenvalue weighted by Gasteiger charge is 2.56. The molecule has 1 aliphatic rings. The molecule has 1 N–H and O–H groups in total. The van der Waals surface area contributed by atoms with E-state index in [9.17, 15) is 0 Å². The van der Waals surface area contributed by atoms with Crippen molar-refractivity contribution in [1.82, 2.24) is 55.8 Å². The third-order valence-electron chi connectivity index (χ3n) is 5.35. The topological polar surface area (TPSA) is 187 Å². The van der Waals surface area contributed by atoms with Gasteiger partial charge in [0.25, 0.3) is 0 Å². The van der Waals surface area contributed by atoms with Gasteiger partial charge in [-0.15, -0.1) is 31.7 Å². The predicted octanol–water partition coefficient (Wildman–Crippen LogP) is 1.80. The summed E-state index contributed by atoms with van der Waals surface area (Å²) in [5, 5.41) is 39.6. The lowest BCUT2D eigenvalue weighted by molar-refractivity contribution is 0.363. The fourth-order valence-corrected chi connectivity index (χ4v) is 5.19. The molecule has 7 heterocycles. The monoisotopic (exact) mass is 533 g/mol. The first-order valence-electron chi connectivity index (χ1n) is 10.4. The first-order valence-corrected chi connectivity index (χ1v) is 12.1. The Kier molecular flexibility index (Phi) is 4.89. The van der Waals surface area contributed by atoms with Gasteiger partial charge in [-0.05, 0) is 22.8 Å². The molecule has 0 amide bonds. The predicted molar refractivity (Wildman–Crippen MR) is 125 cm³/mol. The smallest absolute Gasteiger partial charge is 0.320 e. The second kappa shape index (κ2) is 8.53. The van der Waals surface area contributed by atoms with Gasteiger partial charge in [0.2, 0.25) is 5.66 Å². The van der Waals surface area contributed by atoms with Gasteiger partial charge in [0.05, 0.1) is 18.1 Å². The third kappa shape index (κ3) is 3.27. The van der Waals surface area contributed by atoms with Crippen molar-refractivity contribution in [2.45, 2.75) is 5.66 Å². The van der Waals surface area contributed by atoms with Crippen LogP contribution in [-0.2, 0) is 5.66 Å². The van der Waals surface area contributed by atoms with E-state index in [0.717, 1.165) is 0 Å². The van der Waals surface area contributed by atoms with Gasteiger partial charge in [0.1, 0.15) is 34.6 Å². The number of nitrogens with zero attached hydrogens (tertiary/aromatic N) is 12. The zero-order valence-corrected chi connectivity index (χ0v) is 19.8. The van der Waals surface area contributed by atoms with Crippen molar-refractivity contribution in [3.63, 3.8) is 0 Å². The lowest BCUT2D eigenvalue weighted by Gasteiger charge is -2.50. The molecule has 0 saturated carbocycles. The van der Waals surface area contributed by atoms with Crippen LogP contribution in [0.1, 0.15) is 22.1 Å². The summed E-state index contributed by atoms with van der Waals surface area (Å²) in [6, 6.07) is 3.53. The Hall–Kier alpha value is -5.10. The number of hydrogen-bond acceptors (Lipinski definition) is 18. The Bertz CT molecular complexity index is 1610. The summed E-state index contributed by atoms with van der Waals surface area (Å²) in [5.41, 5.74) is 0.810. The van der Waals surface area contributed by atoms with Crippen molar-refractivity contribution in [2.75, 3.05) is 10.0 Å². The maximum absolute atomic E-state index is 5.85. The molecule has 18 heteroatoms. The van der Waals surface area contributed by atoms with E-state index < -0.39 is 5.66 Å². The lowest BCUT2D eigenvalue weighted by atomic mass is 10.0. The average Bonchev–Trinajstić information content (AvgIpc) is 3.79. The van der Waals surface area contributed by atoms with Crippen LogP contribution in [0.15, 0.2) is 73.7 Å². The van der Waals surface area contributed by atoms with Gasteiger partial charge >= 0.3 is 6.01 Å². The molecule has 0 aromatic carbocycles. The molecule has 182 valence electrons. The molecule has 7 rings (SSSR count). The Labute approximate surface area is 213 Å². The summed E-state index contributed by atoms with van der Waals surface area (Å²) in [5.74, 6) is 0.348. The van der Waals surface area contributed by atoms with E-state index in [4.69, 9.17) is 13.5 Å². The normalized spacial score (nSPS) is 17.8. The van der Waals surface area contributed by atoms with Gasteiger partial charge < -0.3 is 18.8 Å². The van der Waals surface area contributed by atoms with Gasteiger partial charge in [0, 0.05) is 28.3 Å². The third-order valence-corrected chi connectivity index (χ3v) is 6.73. The highest BCUT2D eigenvalue weighted by Crippen LogP contribution is 2.47. The van der Waals surface area contributed by atoms with E-state index in [2.05, 4.69) is 55.8 Å². The van der Waals surface area contributed by atoms with Crippen molar-refractivity contribution in [2.24, 2.45) is 0 Å². The standard InChI is InChI=1S/C19H11N13O3S2/c1-3-22-28-26-13(1)19(17-20-5-8-36-17)23-15(12-10-37-30-25-12)16(11-9-35-29-24-11)31(14-2-6-34-27-14)32(19)18-21-4-7-33-18/h1-10,23H. The number of thiazole rings is 1. The van der Waals surface area contributed by atoms with Crippen LogP contribution >= 0.6 is 22.9 Å². The molecule has 1 aliphatic heterocycles. The van der Waals surface area contributed by atoms with Crippen molar-refractivity contribution in [3.05, 3.63) is 82.4 Å². The van der Waals surface area contributed by atoms with Crippen molar-refractivity contribution in [1.29, 1.82) is 0 Å². The Morgan fingerprint density at radius 1 is 0.973 bits per heavy atom. The SMILES string of the molecule is c1cc(C2(c3nccs3)NC(c3csnn3)=C(c3conn3)N(c3ccon3)N2c2ncco2)nnn1. The van der Waals surface area contributed by atoms with Gasteiger partial charge in [-0.3, -0.25) is 0 Å². The molecule has 1 atom stereocenters. The van der Waals surface area contributed by atoms with Crippen LogP contribution in [0, 0.1) is 0 Å². The summed E-state index contributed by atoms with van der Waals surface area (Å²) in [6.07, 6.45) is 8.99. The second-order valence-corrected chi connectivity index (χ2v) is 8.78. The van der Waals surface area contributed by atoms with Gasteiger partial charge in [0.15, 0.2) is 17.8 Å². The highest BCUT2D eigenvalue weighted by molar-refractivity contribution is 7.09. The van der Waals surface area contributed by atoms with E-state index in [0.29, 0.717) is 39.3 Å². The zero-order chi connectivity index (χ0) is 24.7. The Morgan fingerprint density at radius 2 is 1.97 bits per heavy atom. The minimum atomic E-state index is -1.40. The quantitative estimate of drug-likeness (QED) is 0.326. The first-order chi connectivity index (χ1) is 18.4. The number of hydrazine groups is 1. The Morgan fingerprint density at radius 3 is 2.65 bits per heavy atom. The van der Waals surface area contributed by atoms with Crippen LogP contribution < -0.4 is 15.3 Å². The molecule has 0 spiro atoms. The fraction of sp³-hybridized carbons (Fsp3) is 0.0526. The van der Waals surface area contributed by atoms with E-state index in [-0.39, 0.29) is 6.01 Å². The molecule has 0 saturated heterocycles. The first kappa shape index (κ1) is 21.2. The summed E-state index contributed by atoms with van der Waals surface area (Å²) >= 11 is 2.56. The molecule has 0 radical (unpaired) electrons. The Balaban J connectivity index is 1.64. The van der Waals surface area contributed by atoms with Crippen LogP contribution in [0.3, 0.4) is 0 Å². The number of nitrogens with one attached hydrogen (secondary N) is 1. The fourth-order valence-electron chi connectivity index (χ4n) is 3.96. The van der Waals surface area contributed by atoms with Crippen molar-refractivity contribution >= 4 is 46.1 Å². The van der Waals surface area contributed by atoms with Crippen molar-refractivity contribution in [3.8, 4) is 0 Å². The van der Waals surface area contributed by atoms with Crippen LogP contribution in [0.2, 0.25) is 0 Å². The summed E-state index contributed by atoms with van der Waals surface area (Å²) in [7, 11) is 0. The van der Waals surface area contributed by atoms with E-state index >= 15 is 0 Å². The zero-order valence-electron chi connectivity index (χ0n) is 18.2. The molecular weight excluding hydrogens is 522 g/mol. The minimum absolute atomic E-state index is 0.161. The number of hydrogen-bond donors (Lipinski definition) is 1. The van der Waals surface area contributed by atoms with Crippen LogP contribution in [0.4, 0.5) is 11.8 Å².